The molecule has 4 bridgehead atoms. The van der Waals surface area contributed by atoms with E-state index in [0.717, 1.165) is 17.7 Å². The first-order valence-electron chi connectivity index (χ1n) is 15.6. The van der Waals surface area contributed by atoms with Crippen LogP contribution in [0.5, 0.6) is 0 Å². The number of carbonyl (C=O) groups excluding carboxylic acids is 2. The molecule has 4 aromatic rings. The summed E-state index contributed by atoms with van der Waals surface area (Å²) in [5.74, 6) is -4.45. The highest BCUT2D eigenvalue weighted by atomic mass is 32.2. The maximum atomic E-state index is 15.5. The summed E-state index contributed by atoms with van der Waals surface area (Å²) in [6, 6.07) is 13.3. The number of benzene rings is 3. The number of nitrogens with one attached hydrogen (secondary N) is 2. The number of aliphatic carboxylic acids is 1. The van der Waals surface area contributed by atoms with Gasteiger partial charge in [0.15, 0.2) is 16.4 Å². The fourth-order valence-corrected chi connectivity index (χ4v) is 7.90. The first-order valence-corrected chi connectivity index (χ1v) is 17.2. The number of aromatic nitrogens is 1. The molecule has 0 unspecified atom stereocenters. The number of rotatable bonds is 4. The first-order chi connectivity index (χ1) is 23.5. The topological polar surface area (TPSA) is 181 Å². The van der Waals surface area contributed by atoms with E-state index < -0.39 is 51.6 Å². The summed E-state index contributed by atoms with van der Waals surface area (Å²) in [4.78, 5) is 41.4. The smallest absolute Gasteiger partial charge is 0.411 e. The van der Waals surface area contributed by atoms with Crippen molar-refractivity contribution in [3.05, 3.63) is 88.6 Å². The van der Waals surface area contributed by atoms with Crippen molar-refractivity contribution in [2.24, 2.45) is 0 Å². The lowest BCUT2D eigenvalue weighted by molar-refractivity contribution is -0.134. The van der Waals surface area contributed by atoms with Crippen molar-refractivity contribution < 1.29 is 41.4 Å². The fraction of sp³-hybridized carbons (Fsp3) is 0.314. The monoisotopic (exact) mass is 709 g/mol. The lowest BCUT2D eigenvalue weighted by atomic mass is 9.91. The van der Waals surface area contributed by atoms with Gasteiger partial charge in [-0.1, -0.05) is 12.1 Å². The maximum Gasteiger partial charge on any atom is 0.411 e. The van der Waals surface area contributed by atoms with Crippen LogP contribution < -0.4 is 16.4 Å². The molecule has 0 spiro atoms. The molecule has 3 aromatic carbocycles. The molecule has 3 aliphatic rings. The number of hydrogen-bond acceptors (Lipinski definition) is 9. The number of ether oxygens (including phenoxy) is 1. The second-order valence-electron chi connectivity index (χ2n) is 12.4. The molecule has 1 aliphatic carbocycles. The van der Waals surface area contributed by atoms with Gasteiger partial charge in [-0.25, -0.2) is 18.2 Å². The van der Waals surface area contributed by atoms with E-state index in [9.17, 15) is 18.0 Å². The van der Waals surface area contributed by atoms with Crippen LogP contribution in [-0.4, -0.2) is 60.3 Å². The molecule has 0 saturated heterocycles. The second-order valence-corrected chi connectivity index (χ2v) is 14.6. The Morgan fingerprint density at radius 2 is 1.74 bits per heavy atom. The lowest BCUT2D eigenvalue weighted by Crippen LogP contribution is -2.36. The van der Waals surface area contributed by atoms with Crippen LogP contribution in [0.15, 0.2) is 65.7 Å². The summed E-state index contributed by atoms with van der Waals surface area (Å²) in [5, 5.41) is 14.1. The molecule has 12 nitrogen and oxygen atoms in total. The Morgan fingerprint density at radius 3 is 2.38 bits per heavy atom. The molecule has 1 saturated carbocycles. The summed E-state index contributed by atoms with van der Waals surface area (Å²) >= 11 is 0. The molecular weight excluding hydrogens is 672 g/mol. The van der Waals surface area contributed by atoms with Gasteiger partial charge >= 0.3 is 12.0 Å². The van der Waals surface area contributed by atoms with Gasteiger partial charge in [0, 0.05) is 49.0 Å². The molecule has 0 radical (unpaired) electrons. The molecule has 50 heavy (non-hydrogen) atoms. The zero-order valence-corrected chi connectivity index (χ0v) is 28.6. The zero-order valence-electron chi connectivity index (χ0n) is 27.8. The number of alkyl halides is 2. The number of anilines is 3. The van der Waals surface area contributed by atoms with Gasteiger partial charge in [0.25, 0.3) is 5.97 Å². The van der Waals surface area contributed by atoms with Crippen molar-refractivity contribution in [3.8, 4) is 0 Å². The number of nitrogens with two attached hydrogens (primary N) is 1. The minimum Gasteiger partial charge on any atom is -0.481 e. The van der Waals surface area contributed by atoms with Crippen molar-refractivity contribution in [3.63, 3.8) is 0 Å². The largest absolute Gasteiger partial charge is 0.481 e. The van der Waals surface area contributed by atoms with Gasteiger partial charge in [-0.05, 0) is 96.8 Å². The van der Waals surface area contributed by atoms with Crippen LogP contribution in [-0.2, 0) is 36.6 Å². The fourth-order valence-electron chi connectivity index (χ4n) is 6.04. The third-order valence-corrected chi connectivity index (χ3v) is 10.7. The molecule has 264 valence electrons. The average molecular weight is 710 g/mol. The molecular formula is C35H37F2N5O7S. The number of carbonyl (C=O) groups is 3. The van der Waals surface area contributed by atoms with Crippen molar-refractivity contribution >= 4 is 55.8 Å². The summed E-state index contributed by atoms with van der Waals surface area (Å²) in [6.07, 6.45) is 1.52. The van der Waals surface area contributed by atoms with E-state index in [-0.39, 0.29) is 39.4 Å². The van der Waals surface area contributed by atoms with Crippen molar-refractivity contribution in [2.45, 2.75) is 62.3 Å². The van der Waals surface area contributed by atoms with Crippen LogP contribution in [0.2, 0.25) is 0 Å². The number of nitrogens with zero attached hydrogens (tertiary/aromatic N) is 2. The Hall–Kier alpha value is -5.31. The first kappa shape index (κ1) is 36.0. The quantitative estimate of drug-likeness (QED) is 0.198. The SMILES string of the molecule is CC(=O)O.Cc1cc2cc(C)c1C(F)(F)COC(=O)Nc1ccc(S(=O)(=O)C3CC3)c(c1)CN(C)C(=O)[C@@H]2Nc1ccc2c(N)nccc2c1. The lowest BCUT2D eigenvalue weighted by Gasteiger charge is -2.29. The minimum atomic E-state index is -3.70. The van der Waals surface area contributed by atoms with Crippen LogP contribution in [0.3, 0.4) is 0 Å². The van der Waals surface area contributed by atoms with Gasteiger partial charge in [0.05, 0.1) is 10.1 Å². The highest BCUT2D eigenvalue weighted by molar-refractivity contribution is 7.92. The summed E-state index contributed by atoms with van der Waals surface area (Å²) < 4.78 is 62.7. The van der Waals surface area contributed by atoms with E-state index in [1.54, 1.807) is 24.4 Å². The third kappa shape index (κ3) is 7.77. The zero-order chi connectivity index (χ0) is 36.5. The molecule has 1 atom stereocenters. The van der Waals surface area contributed by atoms with Crippen molar-refractivity contribution in [1.29, 1.82) is 0 Å². The Bertz CT molecular complexity index is 2080. The predicted molar refractivity (Wildman–Crippen MR) is 184 cm³/mol. The van der Waals surface area contributed by atoms with Gasteiger partial charge in [-0.15, -0.1) is 0 Å². The Balaban J connectivity index is 0.00000115. The van der Waals surface area contributed by atoms with Gasteiger partial charge < -0.3 is 25.8 Å². The van der Waals surface area contributed by atoms with E-state index in [4.69, 9.17) is 20.4 Å². The summed E-state index contributed by atoms with van der Waals surface area (Å²) in [6.45, 7) is 2.77. The number of sulfone groups is 1. The number of amides is 2. The minimum absolute atomic E-state index is 0.0440. The number of nitrogen functional groups attached to an aromatic ring is 1. The average Bonchev–Trinajstić information content (AvgIpc) is 3.88. The number of halogens is 2. The summed E-state index contributed by atoms with van der Waals surface area (Å²) in [5.41, 5.74) is 7.54. The molecule has 2 aliphatic heterocycles. The molecule has 1 fully saturated rings. The summed E-state index contributed by atoms with van der Waals surface area (Å²) in [7, 11) is -2.16. The molecule has 15 heteroatoms. The Morgan fingerprint density at radius 1 is 1.08 bits per heavy atom. The normalized spacial score (nSPS) is 17.7. The molecule has 3 heterocycles. The Kier molecular flexibility index (Phi) is 10.0. The standard InChI is InChI=1S/C33H33F2N5O5S.C2H4O2/c1-18-12-21-13-19(2)28(18)33(34,35)17-45-32(42)39-24-5-9-27(46(43,44)25-6-7-25)22(15-24)16-40(3)31(41)29(21)38-23-4-8-26-20(14-23)10-11-37-30(26)36;1-2(3)4/h4-5,8-15,25,29,38H,6-7,16-17H2,1-3H3,(H2,36,37)(H,39,42);1H3,(H,3,4)/t29-;/m1./s1. The third-order valence-electron chi connectivity index (χ3n) is 8.35. The predicted octanol–water partition coefficient (Wildman–Crippen LogP) is 5.93. The van der Waals surface area contributed by atoms with Crippen LogP contribution in [0.25, 0.3) is 10.8 Å². The van der Waals surface area contributed by atoms with E-state index in [0.29, 0.717) is 29.9 Å². The highest BCUT2D eigenvalue weighted by Gasteiger charge is 2.40. The van der Waals surface area contributed by atoms with E-state index in [1.807, 2.05) is 6.07 Å². The van der Waals surface area contributed by atoms with Crippen LogP contribution in [0.4, 0.5) is 30.8 Å². The van der Waals surface area contributed by atoms with Gasteiger partial charge in [0.1, 0.15) is 11.9 Å². The van der Waals surface area contributed by atoms with Crippen molar-refractivity contribution in [1.82, 2.24) is 9.88 Å². The van der Waals surface area contributed by atoms with Crippen molar-refractivity contribution in [2.75, 3.05) is 30.0 Å². The van der Waals surface area contributed by atoms with Crippen LogP contribution >= 0.6 is 0 Å². The van der Waals surface area contributed by atoms with Crippen LogP contribution in [0, 0.1) is 13.8 Å². The van der Waals surface area contributed by atoms with Gasteiger partial charge in [0.2, 0.25) is 5.91 Å². The molecule has 5 N–H and O–H groups in total. The highest BCUT2D eigenvalue weighted by Crippen LogP contribution is 2.38. The van der Waals surface area contributed by atoms with Crippen LogP contribution in [0.1, 0.15) is 53.6 Å². The number of aryl methyl sites for hydroxylation is 2. The number of likely N-dealkylation sites (N-methyl/N-ethyl adjacent to an activating group) is 1. The van der Waals surface area contributed by atoms with E-state index >= 15 is 8.78 Å². The van der Waals surface area contributed by atoms with Gasteiger partial charge in [-0.3, -0.25) is 14.9 Å². The number of fused-ring (bicyclic) bond motifs is 10. The Labute approximate surface area is 287 Å². The van der Waals surface area contributed by atoms with E-state index in [1.165, 1.54) is 56.1 Å². The molecule has 7 rings (SSSR count). The number of carboxylic acid groups (broad SMARTS) is 1. The van der Waals surface area contributed by atoms with Gasteiger partial charge in [-0.2, -0.15) is 8.78 Å². The second kappa shape index (κ2) is 13.9. The molecule has 1 aromatic heterocycles. The van der Waals surface area contributed by atoms with E-state index in [2.05, 4.69) is 15.6 Å². The number of pyridine rings is 1. The molecule has 2 amide bonds. The number of hydrogen-bond donors (Lipinski definition) is 4. The maximum absolute atomic E-state index is 15.5. The number of carboxylic acids is 1.